The molecular weight excluding hydrogens is 362 g/mol. The molecule has 2 aromatic rings. The fraction of sp³-hybridized carbons (Fsp3) is 0.333. The van der Waals surface area contributed by atoms with Crippen LogP contribution < -0.4 is 4.90 Å². The molecule has 0 spiro atoms. The summed E-state index contributed by atoms with van der Waals surface area (Å²) in [6.07, 6.45) is 1.72. The number of morpholine rings is 1. The van der Waals surface area contributed by atoms with E-state index in [1.165, 1.54) is 0 Å². The van der Waals surface area contributed by atoms with E-state index in [1.807, 2.05) is 42.5 Å². The van der Waals surface area contributed by atoms with Crippen LogP contribution in [0.3, 0.4) is 0 Å². The lowest BCUT2D eigenvalue weighted by molar-refractivity contribution is -0.115. The van der Waals surface area contributed by atoms with E-state index in [0.717, 1.165) is 29.8 Å². The lowest BCUT2D eigenvalue weighted by Crippen LogP contribution is -2.39. The lowest BCUT2D eigenvalue weighted by atomic mass is 9.98. The van der Waals surface area contributed by atoms with Crippen LogP contribution in [0.5, 0.6) is 0 Å². The van der Waals surface area contributed by atoms with Crippen LogP contribution >= 0.6 is 11.6 Å². The Morgan fingerprint density at radius 3 is 2.56 bits per heavy atom. The highest BCUT2D eigenvalue weighted by Crippen LogP contribution is 2.40. The summed E-state index contributed by atoms with van der Waals surface area (Å²) in [7, 11) is 0. The van der Waals surface area contributed by atoms with E-state index in [1.54, 1.807) is 11.1 Å². The van der Waals surface area contributed by atoms with Crippen molar-refractivity contribution in [1.29, 1.82) is 0 Å². The van der Waals surface area contributed by atoms with Crippen LogP contribution in [0.1, 0.15) is 18.5 Å². The smallest absolute Gasteiger partial charge is 0.257 e. The SMILES string of the molecule is CC1=C(CN2CCOCC2)C(=O)N(c2ccccn2)[C@H]1c1ccc(Cl)cc1. The first-order chi connectivity index (χ1) is 13.1. The highest BCUT2D eigenvalue weighted by atomic mass is 35.5. The quantitative estimate of drug-likeness (QED) is 0.811. The third kappa shape index (κ3) is 3.63. The minimum Gasteiger partial charge on any atom is -0.379 e. The van der Waals surface area contributed by atoms with Crippen LogP contribution in [0.25, 0.3) is 0 Å². The Balaban J connectivity index is 1.72. The van der Waals surface area contributed by atoms with Gasteiger partial charge in [-0.1, -0.05) is 29.8 Å². The van der Waals surface area contributed by atoms with Gasteiger partial charge < -0.3 is 4.74 Å². The van der Waals surface area contributed by atoms with E-state index in [2.05, 4.69) is 16.8 Å². The second-order valence-electron chi connectivity index (χ2n) is 6.87. The van der Waals surface area contributed by atoms with Crippen molar-refractivity contribution in [3.05, 3.63) is 70.4 Å². The zero-order valence-electron chi connectivity index (χ0n) is 15.3. The summed E-state index contributed by atoms with van der Waals surface area (Å²) in [6, 6.07) is 13.2. The van der Waals surface area contributed by atoms with Crippen molar-refractivity contribution < 1.29 is 9.53 Å². The Hall–Kier alpha value is -2.21. The van der Waals surface area contributed by atoms with Crippen LogP contribution in [-0.4, -0.2) is 48.6 Å². The maximum atomic E-state index is 13.4. The molecule has 3 heterocycles. The third-order valence-electron chi connectivity index (χ3n) is 5.19. The number of carbonyl (C=O) groups is 1. The summed E-state index contributed by atoms with van der Waals surface area (Å²) in [5.74, 6) is 0.691. The largest absolute Gasteiger partial charge is 0.379 e. The summed E-state index contributed by atoms with van der Waals surface area (Å²) in [6.45, 7) is 5.81. The number of hydrogen-bond donors (Lipinski definition) is 0. The van der Waals surface area contributed by atoms with Crippen molar-refractivity contribution in [3.8, 4) is 0 Å². The number of aromatic nitrogens is 1. The predicted octanol–water partition coefficient (Wildman–Crippen LogP) is 3.47. The van der Waals surface area contributed by atoms with Crippen molar-refractivity contribution in [3.63, 3.8) is 0 Å². The highest BCUT2D eigenvalue weighted by Gasteiger charge is 2.40. The van der Waals surface area contributed by atoms with Crippen LogP contribution in [0.4, 0.5) is 5.82 Å². The summed E-state index contributed by atoms with van der Waals surface area (Å²) in [5.41, 5.74) is 2.95. The Labute approximate surface area is 164 Å². The molecule has 0 bridgehead atoms. The predicted molar refractivity (Wildman–Crippen MR) is 106 cm³/mol. The molecule has 0 unspecified atom stereocenters. The average molecular weight is 384 g/mol. The summed E-state index contributed by atoms with van der Waals surface area (Å²) in [4.78, 5) is 21.9. The molecule has 0 saturated carbocycles. The van der Waals surface area contributed by atoms with Gasteiger partial charge in [0.15, 0.2) is 0 Å². The molecule has 5 nitrogen and oxygen atoms in total. The van der Waals surface area contributed by atoms with Crippen molar-refractivity contribution in [2.45, 2.75) is 13.0 Å². The first-order valence-electron chi connectivity index (χ1n) is 9.15. The number of carbonyl (C=O) groups excluding carboxylic acids is 1. The van der Waals surface area contributed by atoms with Gasteiger partial charge in [0.05, 0.1) is 19.3 Å². The molecule has 0 aliphatic carbocycles. The highest BCUT2D eigenvalue weighted by molar-refractivity contribution is 6.30. The van der Waals surface area contributed by atoms with E-state index in [4.69, 9.17) is 16.3 Å². The van der Waals surface area contributed by atoms with E-state index in [-0.39, 0.29) is 11.9 Å². The fourth-order valence-corrected chi connectivity index (χ4v) is 3.87. The molecule has 1 fully saturated rings. The van der Waals surface area contributed by atoms with Crippen LogP contribution in [0.2, 0.25) is 5.02 Å². The Bertz CT molecular complexity index is 845. The number of rotatable bonds is 4. The molecule has 2 aliphatic rings. The Kier molecular flexibility index (Phi) is 5.25. The van der Waals surface area contributed by atoms with Gasteiger partial charge in [-0.2, -0.15) is 0 Å². The summed E-state index contributed by atoms with van der Waals surface area (Å²) in [5, 5.41) is 0.683. The molecule has 4 rings (SSSR count). The van der Waals surface area contributed by atoms with Gasteiger partial charge in [-0.3, -0.25) is 14.6 Å². The molecule has 1 amide bonds. The summed E-state index contributed by atoms with van der Waals surface area (Å²) >= 11 is 6.07. The maximum absolute atomic E-state index is 13.4. The second kappa shape index (κ2) is 7.80. The standard InChI is InChI=1S/C21H22ClN3O2/c1-15-18(14-24-10-12-27-13-11-24)21(26)25(19-4-2-3-9-23-19)20(15)16-5-7-17(22)8-6-16/h2-9,20H,10-14H2,1H3/t20-/m1/s1. The van der Waals surface area contributed by atoms with Gasteiger partial charge in [-0.05, 0) is 42.3 Å². The van der Waals surface area contributed by atoms with Crippen molar-refractivity contribution in [1.82, 2.24) is 9.88 Å². The number of anilines is 1. The topological polar surface area (TPSA) is 45.7 Å². The molecular formula is C21H22ClN3O2. The van der Waals surface area contributed by atoms with Crippen molar-refractivity contribution in [2.24, 2.45) is 0 Å². The van der Waals surface area contributed by atoms with Crippen molar-refractivity contribution in [2.75, 3.05) is 37.7 Å². The van der Waals surface area contributed by atoms with Gasteiger partial charge in [0.1, 0.15) is 5.82 Å². The molecule has 140 valence electrons. The Morgan fingerprint density at radius 1 is 1.15 bits per heavy atom. The lowest BCUT2D eigenvalue weighted by Gasteiger charge is -2.27. The molecule has 1 saturated heterocycles. The van der Waals surface area contributed by atoms with E-state index >= 15 is 0 Å². The number of benzene rings is 1. The first kappa shape index (κ1) is 18.2. The maximum Gasteiger partial charge on any atom is 0.257 e. The first-order valence-corrected chi connectivity index (χ1v) is 9.53. The number of halogens is 1. The second-order valence-corrected chi connectivity index (χ2v) is 7.30. The normalized spacial score (nSPS) is 21.2. The van der Waals surface area contributed by atoms with Gasteiger partial charge >= 0.3 is 0 Å². The van der Waals surface area contributed by atoms with Crippen molar-refractivity contribution >= 4 is 23.3 Å². The molecule has 1 atom stereocenters. The number of ether oxygens (including phenoxy) is 1. The molecule has 27 heavy (non-hydrogen) atoms. The van der Waals surface area contributed by atoms with E-state index < -0.39 is 0 Å². The monoisotopic (exact) mass is 383 g/mol. The van der Waals surface area contributed by atoms with Gasteiger partial charge in [-0.25, -0.2) is 4.98 Å². The molecule has 1 aromatic heterocycles. The van der Waals surface area contributed by atoms with E-state index in [9.17, 15) is 4.79 Å². The molecule has 0 N–H and O–H groups in total. The van der Waals surface area contributed by atoms with E-state index in [0.29, 0.717) is 30.6 Å². The Morgan fingerprint density at radius 2 is 1.89 bits per heavy atom. The van der Waals surface area contributed by atoms with Crippen LogP contribution in [0.15, 0.2) is 59.8 Å². The minimum atomic E-state index is -0.166. The summed E-state index contributed by atoms with van der Waals surface area (Å²) < 4.78 is 5.43. The zero-order valence-corrected chi connectivity index (χ0v) is 16.0. The minimum absolute atomic E-state index is 0.0256. The molecule has 1 aromatic carbocycles. The van der Waals surface area contributed by atoms with Gasteiger partial charge in [0.2, 0.25) is 0 Å². The van der Waals surface area contributed by atoms with Gasteiger partial charge in [-0.15, -0.1) is 0 Å². The van der Waals surface area contributed by atoms with Gasteiger partial charge in [0.25, 0.3) is 5.91 Å². The van der Waals surface area contributed by atoms with Crippen LogP contribution in [0, 0.1) is 0 Å². The number of hydrogen-bond acceptors (Lipinski definition) is 4. The average Bonchev–Trinajstić information content (AvgIpc) is 2.95. The van der Waals surface area contributed by atoms with Crippen LogP contribution in [-0.2, 0) is 9.53 Å². The molecule has 2 aliphatic heterocycles. The number of amides is 1. The molecule has 6 heteroatoms. The third-order valence-corrected chi connectivity index (χ3v) is 5.44. The number of pyridine rings is 1. The zero-order chi connectivity index (χ0) is 18.8. The molecule has 0 radical (unpaired) electrons. The van der Waals surface area contributed by atoms with Gasteiger partial charge in [0, 0.05) is 36.4 Å². The number of nitrogens with zero attached hydrogens (tertiary/aromatic N) is 3. The fourth-order valence-electron chi connectivity index (χ4n) is 3.74.